The summed E-state index contributed by atoms with van der Waals surface area (Å²) in [5.41, 5.74) is 0. The maximum Gasteiger partial charge on any atom is -0.0199 e. The van der Waals surface area contributed by atoms with Crippen LogP contribution in [0.15, 0.2) is 24.3 Å². The van der Waals surface area contributed by atoms with Gasteiger partial charge in [-0.15, -0.1) is 0 Å². The molecule has 4 aliphatic carbocycles. The van der Waals surface area contributed by atoms with E-state index in [1.807, 2.05) is 0 Å². The molecule has 0 heteroatoms. The molecule has 196 valence electrons. The van der Waals surface area contributed by atoms with Gasteiger partial charge in [0.05, 0.1) is 0 Å². The average Bonchev–Trinajstić information content (AvgIpc) is 3.65. The van der Waals surface area contributed by atoms with Crippen LogP contribution in [0, 0.1) is 35.5 Å². The van der Waals surface area contributed by atoms with E-state index in [1.54, 1.807) is 0 Å². The van der Waals surface area contributed by atoms with Crippen LogP contribution in [0.3, 0.4) is 0 Å². The summed E-state index contributed by atoms with van der Waals surface area (Å²) in [4.78, 5) is 0. The Morgan fingerprint density at radius 2 is 0.765 bits per heavy atom. The second-order valence-corrected chi connectivity index (χ2v) is 12.6. The normalized spacial score (nSPS) is 30.3. The molecule has 0 heterocycles. The number of hydrogen-bond donors (Lipinski definition) is 0. The van der Waals surface area contributed by atoms with Crippen molar-refractivity contribution in [1.82, 2.24) is 0 Å². The Hall–Kier alpha value is -0.520. The van der Waals surface area contributed by atoms with Crippen LogP contribution in [0.4, 0.5) is 0 Å². The zero-order valence-corrected chi connectivity index (χ0v) is 23.3. The third kappa shape index (κ3) is 10.2. The van der Waals surface area contributed by atoms with Gasteiger partial charge in [-0.2, -0.15) is 0 Å². The van der Waals surface area contributed by atoms with Crippen LogP contribution in [0.25, 0.3) is 0 Å². The fourth-order valence-corrected chi connectivity index (χ4v) is 7.53. The van der Waals surface area contributed by atoms with E-state index < -0.39 is 0 Å². The van der Waals surface area contributed by atoms with Crippen molar-refractivity contribution in [2.24, 2.45) is 35.5 Å². The van der Waals surface area contributed by atoms with E-state index in [4.69, 9.17) is 0 Å². The van der Waals surface area contributed by atoms with E-state index >= 15 is 0 Å². The van der Waals surface area contributed by atoms with Gasteiger partial charge in [0.15, 0.2) is 0 Å². The molecule has 0 amide bonds. The van der Waals surface area contributed by atoms with Crippen LogP contribution in [-0.2, 0) is 0 Å². The second kappa shape index (κ2) is 17.0. The smallest absolute Gasteiger partial charge is 0.0199 e. The van der Waals surface area contributed by atoms with Gasteiger partial charge in [0, 0.05) is 0 Å². The highest BCUT2D eigenvalue weighted by Gasteiger charge is 2.35. The summed E-state index contributed by atoms with van der Waals surface area (Å²) in [6.45, 7) is 4.59. The maximum absolute atomic E-state index is 2.50. The molecular weight excluding hydrogens is 408 g/mol. The minimum absolute atomic E-state index is 0.971. The Bertz CT molecular complexity index is 506. The zero-order valence-electron chi connectivity index (χ0n) is 23.3. The van der Waals surface area contributed by atoms with E-state index in [0.29, 0.717) is 0 Å². The molecule has 0 aliphatic heterocycles. The molecule has 2 fully saturated rings. The lowest BCUT2D eigenvalue weighted by molar-refractivity contribution is 0.393. The maximum atomic E-state index is 2.50. The Balaban J connectivity index is 0.000000191. The molecule has 0 N–H and O–H groups in total. The molecule has 2 saturated carbocycles. The highest BCUT2D eigenvalue weighted by molar-refractivity contribution is 5.10. The summed E-state index contributed by atoms with van der Waals surface area (Å²) in [5.74, 6) is 6.02. The van der Waals surface area contributed by atoms with E-state index in [1.165, 1.54) is 141 Å². The van der Waals surface area contributed by atoms with E-state index in [2.05, 4.69) is 38.2 Å². The molecule has 4 bridgehead atoms. The molecular formula is C34H60. The summed E-state index contributed by atoms with van der Waals surface area (Å²) in [7, 11) is 0. The van der Waals surface area contributed by atoms with Gasteiger partial charge in [-0.1, -0.05) is 141 Å². The number of allylic oxidation sites excluding steroid dienone is 4. The lowest BCUT2D eigenvalue weighted by Crippen LogP contribution is -2.06. The molecule has 4 rings (SSSR count). The molecule has 0 aromatic heterocycles. The van der Waals surface area contributed by atoms with Gasteiger partial charge in [-0.3, -0.25) is 0 Å². The van der Waals surface area contributed by atoms with Crippen molar-refractivity contribution in [1.29, 1.82) is 0 Å². The lowest BCUT2D eigenvalue weighted by atomic mass is 9.88. The fraction of sp³-hybridized carbons (Fsp3) is 0.882. The van der Waals surface area contributed by atoms with E-state index in [0.717, 1.165) is 35.5 Å². The molecule has 0 radical (unpaired) electrons. The Morgan fingerprint density at radius 1 is 0.412 bits per heavy atom. The Labute approximate surface area is 214 Å². The van der Waals surface area contributed by atoms with Crippen LogP contribution < -0.4 is 0 Å². The summed E-state index contributed by atoms with van der Waals surface area (Å²) in [6, 6.07) is 0. The third-order valence-corrected chi connectivity index (χ3v) is 9.69. The van der Waals surface area contributed by atoms with Gasteiger partial charge >= 0.3 is 0 Å². The first-order valence-corrected chi connectivity index (χ1v) is 16.2. The van der Waals surface area contributed by atoms with Crippen LogP contribution in [-0.4, -0.2) is 0 Å². The number of rotatable bonds is 18. The van der Waals surface area contributed by atoms with Crippen molar-refractivity contribution in [2.75, 3.05) is 0 Å². The topological polar surface area (TPSA) is 0 Å². The number of unbranched alkanes of at least 4 members (excludes halogenated alkanes) is 14. The standard InChI is InChI=1S/2C17H30/c2*1-2-3-4-5-6-7-8-9-10-16-13-15-11-12-17(16)14-15/h2*11-12,15-17H,2-10,13-14H2,1H3. The van der Waals surface area contributed by atoms with Gasteiger partial charge in [0.2, 0.25) is 0 Å². The first kappa shape index (κ1) is 28.1. The monoisotopic (exact) mass is 468 g/mol. The minimum Gasteiger partial charge on any atom is -0.0851 e. The summed E-state index contributed by atoms with van der Waals surface area (Å²) < 4.78 is 0. The van der Waals surface area contributed by atoms with Crippen LogP contribution in [0.1, 0.15) is 155 Å². The van der Waals surface area contributed by atoms with Crippen molar-refractivity contribution in [3.05, 3.63) is 24.3 Å². The van der Waals surface area contributed by atoms with Gasteiger partial charge in [-0.25, -0.2) is 0 Å². The predicted molar refractivity (Wildman–Crippen MR) is 152 cm³/mol. The molecule has 0 spiro atoms. The summed E-state index contributed by atoms with van der Waals surface area (Å²) in [6.07, 6.45) is 42.4. The van der Waals surface area contributed by atoms with Crippen LogP contribution in [0.5, 0.6) is 0 Å². The molecule has 0 saturated heterocycles. The van der Waals surface area contributed by atoms with Gasteiger partial charge < -0.3 is 0 Å². The van der Waals surface area contributed by atoms with Gasteiger partial charge in [0.1, 0.15) is 0 Å². The minimum atomic E-state index is 0.971. The van der Waals surface area contributed by atoms with Crippen LogP contribution >= 0.6 is 0 Å². The van der Waals surface area contributed by atoms with E-state index in [-0.39, 0.29) is 0 Å². The van der Waals surface area contributed by atoms with Crippen molar-refractivity contribution in [2.45, 2.75) is 155 Å². The quantitative estimate of drug-likeness (QED) is 0.138. The van der Waals surface area contributed by atoms with Crippen molar-refractivity contribution < 1.29 is 0 Å². The van der Waals surface area contributed by atoms with Gasteiger partial charge in [-0.05, 0) is 74.0 Å². The Kier molecular flexibility index (Phi) is 14.1. The number of hydrogen-bond acceptors (Lipinski definition) is 0. The second-order valence-electron chi connectivity index (χ2n) is 12.6. The van der Waals surface area contributed by atoms with Gasteiger partial charge in [0.25, 0.3) is 0 Å². The first-order chi connectivity index (χ1) is 16.8. The highest BCUT2D eigenvalue weighted by Crippen LogP contribution is 2.46. The van der Waals surface area contributed by atoms with Crippen molar-refractivity contribution in [3.63, 3.8) is 0 Å². The summed E-state index contributed by atoms with van der Waals surface area (Å²) >= 11 is 0. The Morgan fingerprint density at radius 3 is 1.06 bits per heavy atom. The largest absolute Gasteiger partial charge is 0.0851 e. The van der Waals surface area contributed by atoms with Crippen molar-refractivity contribution >= 4 is 0 Å². The van der Waals surface area contributed by atoms with E-state index in [9.17, 15) is 0 Å². The third-order valence-electron chi connectivity index (χ3n) is 9.69. The molecule has 0 aromatic rings. The molecule has 0 nitrogen and oxygen atoms in total. The lowest BCUT2D eigenvalue weighted by Gasteiger charge is -2.17. The first-order valence-electron chi connectivity index (χ1n) is 16.2. The zero-order chi connectivity index (χ0) is 23.8. The predicted octanol–water partition coefficient (Wildman–Crippen LogP) is 11.5. The SMILES string of the molecule is CCCCCCCCCCC1CC2C=CC1C2.CCCCCCCCCCC1CC2C=CC1C2. The molecule has 0 aromatic carbocycles. The van der Waals surface area contributed by atoms with Crippen LogP contribution in [0.2, 0.25) is 0 Å². The average molecular weight is 469 g/mol. The molecule has 34 heavy (non-hydrogen) atoms. The molecule has 6 unspecified atom stereocenters. The summed E-state index contributed by atoms with van der Waals surface area (Å²) in [5, 5.41) is 0. The fourth-order valence-electron chi connectivity index (χ4n) is 7.53. The molecule has 6 atom stereocenters. The highest BCUT2D eigenvalue weighted by atomic mass is 14.4. The molecule has 4 aliphatic rings. The van der Waals surface area contributed by atoms with Crippen molar-refractivity contribution in [3.8, 4) is 0 Å². The number of fused-ring (bicyclic) bond motifs is 4.